The molecule has 1 N–H and O–H groups in total. The molecule has 2 rings (SSSR count). The standard InChI is InChI=1S/C14H22N2/c1-10-9-16(5)13-11(14(2,3)4)7-6-8-12(13)15-10/h6-8,10,15H,9H2,1-5H3. The number of nitrogens with zero attached hydrogens (tertiary/aromatic N) is 1. The Morgan fingerprint density at radius 2 is 2.00 bits per heavy atom. The molecule has 1 aliphatic heterocycles. The molecule has 0 spiro atoms. The van der Waals surface area contributed by atoms with E-state index in [1.54, 1.807) is 0 Å². The van der Waals surface area contributed by atoms with E-state index in [1.807, 2.05) is 0 Å². The van der Waals surface area contributed by atoms with Gasteiger partial charge in [-0.15, -0.1) is 0 Å². The van der Waals surface area contributed by atoms with E-state index in [4.69, 9.17) is 0 Å². The van der Waals surface area contributed by atoms with Gasteiger partial charge in [0.1, 0.15) is 0 Å². The smallest absolute Gasteiger partial charge is 0.0638 e. The number of para-hydroxylation sites is 1. The molecule has 1 unspecified atom stereocenters. The molecule has 1 heterocycles. The lowest BCUT2D eigenvalue weighted by Gasteiger charge is -2.37. The van der Waals surface area contributed by atoms with Crippen molar-refractivity contribution in [1.29, 1.82) is 0 Å². The number of hydrogen-bond acceptors (Lipinski definition) is 2. The predicted octanol–water partition coefficient (Wildman–Crippen LogP) is 3.23. The maximum Gasteiger partial charge on any atom is 0.0638 e. The number of hydrogen-bond donors (Lipinski definition) is 1. The van der Waals surface area contributed by atoms with Crippen LogP contribution >= 0.6 is 0 Å². The minimum absolute atomic E-state index is 0.196. The Balaban J connectivity index is 2.55. The number of likely N-dealkylation sites (N-methyl/N-ethyl adjacent to an activating group) is 1. The van der Waals surface area contributed by atoms with Crippen LogP contribution in [0.3, 0.4) is 0 Å². The van der Waals surface area contributed by atoms with Gasteiger partial charge in [0.05, 0.1) is 11.4 Å². The Hall–Kier alpha value is -1.18. The molecule has 0 amide bonds. The van der Waals surface area contributed by atoms with E-state index < -0.39 is 0 Å². The normalized spacial score (nSPS) is 20.3. The minimum Gasteiger partial charge on any atom is -0.379 e. The summed E-state index contributed by atoms with van der Waals surface area (Å²) in [4.78, 5) is 2.37. The molecular weight excluding hydrogens is 196 g/mol. The largest absolute Gasteiger partial charge is 0.379 e. The van der Waals surface area contributed by atoms with Crippen LogP contribution in [0.2, 0.25) is 0 Å². The number of nitrogens with one attached hydrogen (secondary N) is 1. The first kappa shape index (κ1) is 11.3. The van der Waals surface area contributed by atoms with Crippen molar-refractivity contribution in [3.8, 4) is 0 Å². The molecule has 2 heteroatoms. The van der Waals surface area contributed by atoms with Crippen LogP contribution in [0.4, 0.5) is 11.4 Å². The summed E-state index contributed by atoms with van der Waals surface area (Å²) in [6.45, 7) is 10.1. The van der Waals surface area contributed by atoms with E-state index in [0.717, 1.165) is 6.54 Å². The number of anilines is 2. The molecule has 0 bridgehead atoms. The van der Waals surface area contributed by atoms with Crippen molar-refractivity contribution < 1.29 is 0 Å². The third-order valence-corrected chi connectivity index (χ3v) is 3.18. The first-order valence-corrected chi connectivity index (χ1v) is 6.01. The Kier molecular flexibility index (Phi) is 2.61. The van der Waals surface area contributed by atoms with Crippen LogP contribution in [0.1, 0.15) is 33.3 Å². The van der Waals surface area contributed by atoms with E-state index in [-0.39, 0.29) is 5.41 Å². The number of rotatable bonds is 0. The Bertz CT molecular complexity index is 390. The highest BCUT2D eigenvalue weighted by molar-refractivity contribution is 5.77. The van der Waals surface area contributed by atoms with Crippen molar-refractivity contribution in [2.45, 2.75) is 39.2 Å². The zero-order valence-corrected chi connectivity index (χ0v) is 11.0. The fourth-order valence-corrected chi connectivity index (χ4v) is 2.49. The zero-order chi connectivity index (χ0) is 11.9. The van der Waals surface area contributed by atoms with Crippen LogP contribution in [0.25, 0.3) is 0 Å². The summed E-state index contributed by atoms with van der Waals surface area (Å²) in [5.41, 5.74) is 4.26. The van der Waals surface area contributed by atoms with Crippen LogP contribution in [0.15, 0.2) is 18.2 Å². The van der Waals surface area contributed by atoms with E-state index in [2.05, 4.69) is 63.2 Å². The van der Waals surface area contributed by atoms with Gasteiger partial charge in [-0.1, -0.05) is 32.9 Å². The van der Waals surface area contributed by atoms with Crippen molar-refractivity contribution in [2.24, 2.45) is 0 Å². The topological polar surface area (TPSA) is 15.3 Å². The molecule has 0 radical (unpaired) electrons. The quantitative estimate of drug-likeness (QED) is 0.719. The lowest BCUT2D eigenvalue weighted by molar-refractivity contribution is 0.585. The van der Waals surface area contributed by atoms with E-state index in [1.165, 1.54) is 16.9 Å². The average molecular weight is 218 g/mol. The number of benzene rings is 1. The van der Waals surface area contributed by atoms with Gasteiger partial charge in [-0.05, 0) is 24.0 Å². The molecule has 2 nitrogen and oxygen atoms in total. The molecule has 0 aromatic heterocycles. The van der Waals surface area contributed by atoms with Crippen molar-refractivity contribution in [1.82, 2.24) is 0 Å². The monoisotopic (exact) mass is 218 g/mol. The first-order chi connectivity index (χ1) is 7.39. The summed E-state index contributed by atoms with van der Waals surface area (Å²) in [6.07, 6.45) is 0. The highest BCUT2D eigenvalue weighted by atomic mass is 15.2. The summed E-state index contributed by atoms with van der Waals surface area (Å²) in [6, 6.07) is 7.09. The highest BCUT2D eigenvalue weighted by Gasteiger charge is 2.26. The molecule has 1 aliphatic rings. The summed E-state index contributed by atoms with van der Waals surface area (Å²) in [5.74, 6) is 0. The van der Waals surface area contributed by atoms with E-state index >= 15 is 0 Å². The van der Waals surface area contributed by atoms with Gasteiger partial charge < -0.3 is 10.2 Å². The first-order valence-electron chi connectivity index (χ1n) is 6.01. The maximum atomic E-state index is 3.56. The maximum absolute atomic E-state index is 3.56. The molecular formula is C14H22N2. The van der Waals surface area contributed by atoms with Gasteiger partial charge in [0, 0.05) is 19.6 Å². The third-order valence-electron chi connectivity index (χ3n) is 3.18. The molecule has 0 saturated carbocycles. The molecule has 1 aromatic rings. The summed E-state index contributed by atoms with van der Waals surface area (Å²) in [7, 11) is 2.19. The lowest BCUT2D eigenvalue weighted by Crippen LogP contribution is -2.38. The lowest BCUT2D eigenvalue weighted by atomic mass is 9.84. The Morgan fingerprint density at radius 1 is 1.31 bits per heavy atom. The fourth-order valence-electron chi connectivity index (χ4n) is 2.49. The molecule has 1 atom stereocenters. The second-order valence-electron chi connectivity index (χ2n) is 5.88. The van der Waals surface area contributed by atoms with Crippen molar-refractivity contribution >= 4 is 11.4 Å². The van der Waals surface area contributed by atoms with Crippen LogP contribution in [0, 0.1) is 0 Å². The van der Waals surface area contributed by atoms with Crippen LogP contribution in [-0.4, -0.2) is 19.6 Å². The summed E-state index contributed by atoms with van der Waals surface area (Å²) < 4.78 is 0. The zero-order valence-electron chi connectivity index (χ0n) is 11.0. The van der Waals surface area contributed by atoms with Crippen molar-refractivity contribution in [3.05, 3.63) is 23.8 Å². The second kappa shape index (κ2) is 3.69. The fraction of sp³-hybridized carbons (Fsp3) is 0.571. The predicted molar refractivity (Wildman–Crippen MR) is 71.5 cm³/mol. The molecule has 16 heavy (non-hydrogen) atoms. The van der Waals surface area contributed by atoms with Crippen molar-refractivity contribution in [2.75, 3.05) is 23.8 Å². The van der Waals surface area contributed by atoms with Gasteiger partial charge in [-0.3, -0.25) is 0 Å². The van der Waals surface area contributed by atoms with Gasteiger partial charge >= 0.3 is 0 Å². The average Bonchev–Trinajstić information content (AvgIpc) is 2.14. The molecule has 88 valence electrons. The van der Waals surface area contributed by atoms with Gasteiger partial charge in [0.25, 0.3) is 0 Å². The SMILES string of the molecule is CC1CN(C)c2c(cccc2C(C)(C)C)N1. The summed E-state index contributed by atoms with van der Waals surface area (Å²) in [5, 5.41) is 3.56. The Labute approximate surface area is 98.7 Å². The number of fused-ring (bicyclic) bond motifs is 1. The van der Waals surface area contributed by atoms with Crippen LogP contribution in [0.5, 0.6) is 0 Å². The van der Waals surface area contributed by atoms with Gasteiger partial charge in [-0.25, -0.2) is 0 Å². The summed E-state index contributed by atoms with van der Waals surface area (Å²) >= 11 is 0. The van der Waals surface area contributed by atoms with Crippen LogP contribution < -0.4 is 10.2 Å². The molecule has 0 fully saturated rings. The Morgan fingerprint density at radius 3 is 2.62 bits per heavy atom. The van der Waals surface area contributed by atoms with Gasteiger partial charge in [0.2, 0.25) is 0 Å². The molecule has 0 saturated heterocycles. The van der Waals surface area contributed by atoms with Gasteiger partial charge in [0.15, 0.2) is 0 Å². The molecule has 1 aromatic carbocycles. The van der Waals surface area contributed by atoms with Gasteiger partial charge in [-0.2, -0.15) is 0 Å². The van der Waals surface area contributed by atoms with E-state index in [0.29, 0.717) is 6.04 Å². The van der Waals surface area contributed by atoms with Crippen LogP contribution in [-0.2, 0) is 5.41 Å². The van der Waals surface area contributed by atoms with E-state index in [9.17, 15) is 0 Å². The minimum atomic E-state index is 0.196. The highest BCUT2D eigenvalue weighted by Crippen LogP contribution is 2.39. The third kappa shape index (κ3) is 1.89. The van der Waals surface area contributed by atoms with Crippen molar-refractivity contribution in [3.63, 3.8) is 0 Å². The molecule has 0 aliphatic carbocycles. The second-order valence-corrected chi connectivity index (χ2v) is 5.88.